The molecule has 2 N–H and O–H groups in total. The summed E-state index contributed by atoms with van der Waals surface area (Å²) < 4.78 is 6.13. The number of hydrogen-bond acceptors (Lipinski definition) is 4. The average Bonchev–Trinajstić information content (AvgIpc) is 2.68. The number of aromatic nitrogens is 1. The molecule has 7 heteroatoms. The Hall–Kier alpha value is -2.15. The largest absolute Gasteiger partial charge is 0.375 e. The number of piperidine rings is 1. The second kappa shape index (κ2) is 8.49. The van der Waals surface area contributed by atoms with Crippen molar-refractivity contribution in [3.05, 3.63) is 30.1 Å². The highest BCUT2D eigenvalue weighted by molar-refractivity contribution is 5.92. The number of urea groups is 1. The average molecular weight is 360 g/mol. The van der Waals surface area contributed by atoms with E-state index in [9.17, 15) is 9.59 Å². The number of likely N-dealkylation sites (tertiary alicyclic amines) is 1. The summed E-state index contributed by atoms with van der Waals surface area (Å²) in [5, 5.41) is 5.86. The first-order valence-corrected chi connectivity index (χ1v) is 9.48. The Bertz CT molecular complexity index is 614. The van der Waals surface area contributed by atoms with Crippen molar-refractivity contribution in [1.29, 1.82) is 0 Å². The van der Waals surface area contributed by atoms with Gasteiger partial charge >= 0.3 is 6.03 Å². The van der Waals surface area contributed by atoms with Crippen LogP contribution in [0.2, 0.25) is 0 Å². The summed E-state index contributed by atoms with van der Waals surface area (Å²) in [6.07, 6.45) is 5.22. The quantitative estimate of drug-likeness (QED) is 0.858. The summed E-state index contributed by atoms with van der Waals surface area (Å²) in [6.45, 7) is 5.37. The molecule has 1 atom stereocenters. The van der Waals surface area contributed by atoms with Crippen LogP contribution in [-0.4, -0.2) is 60.2 Å². The van der Waals surface area contributed by atoms with Gasteiger partial charge in [-0.15, -0.1) is 0 Å². The fraction of sp³-hybridized carbons (Fsp3) is 0.632. The first-order valence-electron chi connectivity index (χ1n) is 9.48. The monoisotopic (exact) mass is 360 g/mol. The fourth-order valence-electron chi connectivity index (χ4n) is 3.86. The van der Waals surface area contributed by atoms with E-state index < -0.39 is 0 Å². The smallest absolute Gasteiger partial charge is 0.317 e. The van der Waals surface area contributed by atoms with Crippen LogP contribution in [0.25, 0.3) is 0 Å². The van der Waals surface area contributed by atoms with E-state index in [-0.39, 0.29) is 17.5 Å². The Balaban J connectivity index is 1.49. The molecule has 3 amide bonds. The first-order chi connectivity index (χ1) is 12.6. The zero-order valence-electron chi connectivity index (χ0n) is 15.4. The maximum absolute atomic E-state index is 12.2. The van der Waals surface area contributed by atoms with Gasteiger partial charge in [0.25, 0.3) is 5.91 Å². The van der Waals surface area contributed by atoms with Crippen molar-refractivity contribution in [2.75, 3.05) is 32.8 Å². The van der Waals surface area contributed by atoms with Gasteiger partial charge in [-0.2, -0.15) is 0 Å². The van der Waals surface area contributed by atoms with Crippen molar-refractivity contribution < 1.29 is 14.3 Å². The zero-order chi connectivity index (χ0) is 18.4. The lowest BCUT2D eigenvalue weighted by Crippen LogP contribution is -2.53. The summed E-state index contributed by atoms with van der Waals surface area (Å²) in [4.78, 5) is 30.1. The summed E-state index contributed by atoms with van der Waals surface area (Å²) >= 11 is 0. The molecule has 1 spiro atoms. The lowest BCUT2D eigenvalue weighted by atomic mass is 9.79. The number of rotatable bonds is 4. The van der Waals surface area contributed by atoms with Gasteiger partial charge in [-0.05, 0) is 50.7 Å². The van der Waals surface area contributed by atoms with Gasteiger partial charge < -0.3 is 20.3 Å². The topological polar surface area (TPSA) is 83.6 Å². The van der Waals surface area contributed by atoms with Crippen molar-refractivity contribution in [3.63, 3.8) is 0 Å². The third-order valence-electron chi connectivity index (χ3n) is 5.33. The van der Waals surface area contributed by atoms with Gasteiger partial charge in [0.15, 0.2) is 0 Å². The van der Waals surface area contributed by atoms with E-state index in [2.05, 4.69) is 15.6 Å². The molecule has 1 unspecified atom stereocenters. The van der Waals surface area contributed by atoms with Crippen molar-refractivity contribution in [2.45, 2.75) is 38.2 Å². The molecule has 0 aliphatic carbocycles. The number of carbonyl (C=O) groups excluding carboxylic acids is 2. The van der Waals surface area contributed by atoms with E-state index in [0.29, 0.717) is 31.3 Å². The molecule has 2 aliphatic rings. The minimum atomic E-state index is -0.151. The van der Waals surface area contributed by atoms with Crippen LogP contribution >= 0.6 is 0 Å². The highest BCUT2D eigenvalue weighted by atomic mass is 16.5. The predicted octanol–water partition coefficient (Wildman–Crippen LogP) is 1.80. The Morgan fingerprint density at radius 2 is 2.12 bits per heavy atom. The van der Waals surface area contributed by atoms with E-state index in [1.807, 2.05) is 17.9 Å². The third-order valence-corrected chi connectivity index (χ3v) is 5.33. The molecule has 1 aromatic heterocycles. The van der Waals surface area contributed by atoms with E-state index in [0.717, 1.165) is 38.8 Å². The van der Waals surface area contributed by atoms with E-state index >= 15 is 0 Å². The Kier molecular flexibility index (Phi) is 6.08. The van der Waals surface area contributed by atoms with Crippen LogP contribution in [0.5, 0.6) is 0 Å². The maximum Gasteiger partial charge on any atom is 0.317 e. The molecule has 3 rings (SSSR count). The molecule has 3 heterocycles. The van der Waals surface area contributed by atoms with Crippen LogP contribution in [0.3, 0.4) is 0 Å². The van der Waals surface area contributed by atoms with Gasteiger partial charge in [0.1, 0.15) is 5.69 Å². The molecule has 1 aromatic rings. The Morgan fingerprint density at radius 3 is 2.81 bits per heavy atom. The van der Waals surface area contributed by atoms with Gasteiger partial charge in [-0.3, -0.25) is 9.78 Å². The molecular formula is C19H28N4O3. The Morgan fingerprint density at radius 1 is 1.31 bits per heavy atom. The normalized spacial score (nSPS) is 22.0. The highest BCUT2D eigenvalue weighted by Crippen LogP contribution is 2.37. The number of nitrogens with zero attached hydrogens (tertiary/aromatic N) is 2. The predicted molar refractivity (Wildman–Crippen MR) is 97.9 cm³/mol. The molecule has 0 bridgehead atoms. The molecule has 2 saturated heterocycles. The minimum absolute atomic E-state index is 0.0114. The second-order valence-electron chi connectivity index (χ2n) is 7.14. The lowest BCUT2D eigenvalue weighted by molar-refractivity contribution is -0.122. The van der Waals surface area contributed by atoms with E-state index in [1.54, 1.807) is 18.3 Å². The van der Waals surface area contributed by atoms with Gasteiger partial charge in [-0.1, -0.05) is 6.07 Å². The van der Waals surface area contributed by atoms with Crippen molar-refractivity contribution in [3.8, 4) is 0 Å². The molecule has 2 fully saturated rings. The van der Waals surface area contributed by atoms with Crippen LogP contribution in [-0.2, 0) is 4.74 Å². The van der Waals surface area contributed by atoms with Crippen molar-refractivity contribution >= 4 is 11.9 Å². The molecule has 2 aliphatic heterocycles. The van der Waals surface area contributed by atoms with Crippen LogP contribution in [0.15, 0.2) is 24.4 Å². The van der Waals surface area contributed by atoms with E-state index in [1.165, 1.54) is 0 Å². The number of hydrogen-bond donors (Lipinski definition) is 2. The van der Waals surface area contributed by atoms with E-state index in [4.69, 9.17) is 4.74 Å². The second-order valence-corrected chi connectivity index (χ2v) is 7.14. The van der Waals surface area contributed by atoms with Gasteiger partial charge in [0, 0.05) is 39.0 Å². The standard InChI is InChI=1S/C19H28N4O3/c1-2-20-18(25)23-10-7-19(8-11-23)13-15(6-12-26-19)14-22-17(24)16-5-3-4-9-21-16/h3-5,9,15H,2,6-8,10-14H2,1H3,(H,20,25)(H,22,24). The van der Waals surface area contributed by atoms with Crippen LogP contribution in [0.1, 0.15) is 43.1 Å². The third kappa shape index (κ3) is 4.52. The number of carbonyl (C=O) groups is 2. The van der Waals surface area contributed by atoms with Crippen molar-refractivity contribution in [2.24, 2.45) is 5.92 Å². The highest BCUT2D eigenvalue weighted by Gasteiger charge is 2.41. The molecule has 26 heavy (non-hydrogen) atoms. The number of pyridine rings is 1. The van der Waals surface area contributed by atoms with Gasteiger partial charge in [-0.25, -0.2) is 4.79 Å². The number of nitrogens with one attached hydrogen (secondary N) is 2. The lowest BCUT2D eigenvalue weighted by Gasteiger charge is -2.46. The molecule has 7 nitrogen and oxygen atoms in total. The van der Waals surface area contributed by atoms with Crippen LogP contribution in [0.4, 0.5) is 4.79 Å². The maximum atomic E-state index is 12.2. The first kappa shape index (κ1) is 18.6. The summed E-state index contributed by atoms with van der Waals surface area (Å²) in [7, 11) is 0. The van der Waals surface area contributed by atoms with Crippen molar-refractivity contribution in [1.82, 2.24) is 20.5 Å². The fourth-order valence-corrected chi connectivity index (χ4v) is 3.86. The summed E-state index contributed by atoms with van der Waals surface area (Å²) in [5.41, 5.74) is 0.297. The molecule has 0 saturated carbocycles. The van der Waals surface area contributed by atoms with Crippen LogP contribution < -0.4 is 10.6 Å². The molecular weight excluding hydrogens is 332 g/mol. The molecule has 0 radical (unpaired) electrons. The van der Waals surface area contributed by atoms with Gasteiger partial charge in [0.2, 0.25) is 0 Å². The molecule has 0 aromatic carbocycles. The van der Waals surface area contributed by atoms with Gasteiger partial charge in [0.05, 0.1) is 5.60 Å². The number of ether oxygens (including phenoxy) is 1. The SMILES string of the molecule is CCNC(=O)N1CCC2(CC1)CC(CNC(=O)c1ccccn1)CCO2. The minimum Gasteiger partial charge on any atom is -0.375 e. The number of amides is 3. The zero-order valence-corrected chi connectivity index (χ0v) is 15.4. The Labute approximate surface area is 154 Å². The van der Waals surface area contributed by atoms with Crippen LogP contribution in [0, 0.1) is 5.92 Å². The molecule has 142 valence electrons. The summed E-state index contributed by atoms with van der Waals surface area (Å²) in [5.74, 6) is 0.268. The summed E-state index contributed by atoms with van der Waals surface area (Å²) in [6, 6.07) is 5.34.